The Hall–Kier alpha value is -3.16. The van der Waals surface area contributed by atoms with E-state index >= 15 is 0 Å². The molecule has 0 unspecified atom stereocenters. The standard InChI is InChI=1S/C13H10N2O6/c1-20-12-6-8(15(18)19)2-3-11(12)21-10-4-5-14-7-9(10)13(16)17/h2-7H,1H3,(H,16,17). The van der Waals surface area contributed by atoms with Gasteiger partial charge in [-0.05, 0) is 6.07 Å². The van der Waals surface area contributed by atoms with E-state index < -0.39 is 10.9 Å². The number of nitrogens with zero attached hydrogens (tertiary/aromatic N) is 2. The highest BCUT2D eigenvalue weighted by atomic mass is 16.6. The van der Waals surface area contributed by atoms with Crippen LogP contribution in [0.4, 0.5) is 5.69 Å². The monoisotopic (exact) mass is 290 g/mol. The fourth-order valence-electron chi connectivity index (χ4n) is 1.60. The lowest BCUT2D eigenvalue weighted by Crippen LogP contribution is -2.01. The van der Waals surface area contributed by atoms with Gasteiger partial charge >= 0.3 is 5.97 Å². The number of carboxylic acid groups (broad SMARTS) is 1. The molecule has 0 saturated heterocycles. The molecule has 0 aliphatic carbocycles. The molecule has 0 fully saturated rings. The topological polar surface area (TPSA) is 112 Å². The second-order valence-electron chi connectivity index (χ2n) is 3.87. The van der Waals surface area contributed by atoms with Crippen LogP contribution in [0.3, 0.4) is 0 Å². The summed E-state index contributed by atoms with van der Waals surface area (Å²) in [5.41, 5.74) is -0.287. The fourth-order valence-corrected chi connectivity index (χ4v) is 1.60. The molecule has 0 amide bonds. The van der Waals surface area contributed by atoms with Crippen LogP contribution in [0.5, 0.6) is 17.2 Å². The first-order chi connectivity index (χ1) is 10.0. The molecule has 1 heterocycles. The van der Waals surface area contributed by atoms with Crippen LogP contribution < -0.4 is 9.47 Å². The minimum Gasteiger partial charge on any atom is -0.493 e. The van der Waals surface area contributed by atoms with Crippen molar-refractivity contribution >= 4 is 11.7 Å². The first-order valence-electron chi connectivity index (χ1n) is 5.70. The molecule has 108 valence electrons. The summed E-state index contributed by atoms with van der Waals surface area (Å²) in [5, 5.41) is 19.8. The molecular weight excluding hydrogens is 280 g/mol. The molecule has 0 atom stereocenters. The van der Waals surface area contributed by atoms with Crippen molar-refractivity contribution < 1.29 is 24.3 Å². The normalized spacial score (nSPS) is 9.95. The predicted octanol–water partition coefficient (Wildman–Crippen LogP) is 2.49. The van der Waals surface area contributed by atoms with Gasteiger partial charge in [0.05, 0.1) is 18.1 Å². The Bertz CT molecular complexity index is 701. The fraction of sp³-hybridized carbons (Fsp3) is 0.0769. The Morgan fingerprint density at radius 1 is 1.29 bits per heavy atom. The lowest BCUT2D eigenvalue weighted by atomic mass is 10.2. The van der Waals surface area contributed by atoms with Crippen molar-refractivity contribution in [3.63, 3.8) is 0 Å². The van der Waals surface area contributed by atoms with Crippen molar-refractivity contribution in [2.45, 2.75) is 0 Å². The number of nitro groups is 1. The minimum absolute atomic E-state index is 0.0599. The van der Waals surface area contributed by atoms with Gasteiger partial charge in [-0.2, -0.15) is 0 Å². The third-order valence-corrected chi connectivity index (χ3v) is 2.59. The van der Waals surface area contributed by atoms with Crippen LogP contribution in [0.1, 0.15) is 10.4 Å². The molecule has 8 heteroatoms. The highest BCUT2D eigenvalue weighted by Crippen LogP contribution is 2.35. The zero-order valence-electron chi connectivity index (χ0n) is 10.8. The summed E-state index contributed by atoms with van der Waals surface area (Å²) in [6.07, 6.45) is 2.52. The lowest BCUT2D eigenvalue weighted by Gasteiger charge is -2.11. The Labute approximate surface area is 118 Å². The average Bonchev–Trinajstić information content (AvgIpc) is 2.47. The number of pyridine rings is 1. The van der Waals surface area contributed by atoms with Gasteiger partial charge in [-0.25, -0.2) is 4.79 Å². The van der Waals surface area contributed by atoms with Crippen molar-refractivity contribution in [1.82, 2.24) is 4.98 Å². The molecule has 0 saturated carbocycles. The Balaban J connectivity index is 2.40. The minimum atomic E-state index is -1.20. The quantitative estimate of drug-likeness (QED) is 0.664. The number of nitro benzene ring substituents is 1. The second-order valence-corrected chi connectivity index (χ2v) is 3.87. The Morgan fingerprint density at radius 3 is 2.67 bits per heavy atom. The zero-order valence-corrected chi connectivity index (χ0v) is 10.8. The van der Waals surface area contributed by atoms with Crippen LogP contribution in [0.15, 0.2) is 36.7 Å². The van der Waals surface area contributed by atoms with Gasteiger partial charge in [0.1, 0.15) is 11.3 Å². The summed E-state index contributed by atoms with van der Waals surface area (Å²) < 4.78 is 10.5. The van der Waals surface area contributed by atoms with Gasteiger partial charge in [0, 0.05) is 24.5 Å². The molecule has 1 aromatic carbocycles. The summed E-state index contributed by atoms with van der Waals surface area (Å²) >= 11 is 0. The molecule has 2 aromatic rings. The van der Waals surface area contributed by atoms with Gasteiger partial charge in [-0.3, -0.25) is 15.1 Å². The van der Waals surface area contributed by atoms with Crippen LogP contribution in [0, 0.1) is 10.1 Å². The van der Waals surface area contributed by atoms with Gasteiger partial charge in [-0.1, -0.05) is 0 Å². The second kappa shape index (κ2) is 5.87. The first kappa shape index (κ1) is 14.3. The zero-order chi connectivity index (χ0) is 15.4. The van der Waals surface area contributed by atoms with Gasteiger partial charge < -0.3 is 14.6 Å². The molecule has 0 aliphatic heterocycles. The van der Waals surface area contributed by atoms with Crippen LogP contribution >= 0.6 is 0 Å². The van der Waals surface area contributed by atoms with Gasteiger partial charge in [0.15, 0.2) is 11.5 Å². The molecule has 1 aromatic heterocycles. The van der Waals surface area contributed by atoms with E-state index in [4.69, 9.17) is 14.6 Å². The van der Waals surface area contributed by atoms with E-state index in [1.54, 1.807) is 0 Å². The van der Waals surface area contributed by atoms with E-state index in [0.717, 1.165) is 6.20 Å². The maximum absolute atomic E-state index is 11.1. The molecule has 0 bridgehead atoms. The summed E-state index contributed by atoms with van der Waals surface area (Å²) in [7, 11) is 1.33. The summed E-state index contributed by atoms with van der Waals surface area (Å²) in [6, 6.07) is 5.14. The maximum Gasteiger partial charge on any atom is 0.341 e. The Kier molecular flexibility index (Phi) is 3.98. The van der Waals surface area contributed by atoms with Crippen LogP contribution in [-0.4, -0.2) is 28.1 Å². The number of hydrogen-bond donors (Lipinski definition) is 1. The largest absolute Gasteiger partial charge is 0.493 e. The van der Waals surface area contributed by atoms with E-state index in [0.29, 0.717) is 0 Å². The number of carbonyl (C=O) groups is 1. The molecule has 2 rings (SSSR count). The highest BCUT2D eigenvalue weighted by molar-refractivity contribution is 5.90. The summed E-state index contributed by atoms with van der Waals surface area (Å²) in [5.74, 6) is -0.849. The van der Waals surface area contributed by atoms with Gasteiger partial charge in [0.2, 0.25) is 0 Å². The lowest BCUT2D eigenvalue weighted by molar-refractivity contribution is -0.384. The van der Waals surface area contributed by atoms with E-state index in [1.807, 2.05) is 0 Å². The Morgan fingerprint density at radius 2 is 2.05 bits per heavy atom. The van der Waals surface area contributed by atoms with Crippen LogP contribution in [0.25, 0.3) is 0 Å². The number of hydrogen-bond acceptors (Lipinski definition) is 6. The van der Waals surface area contributed by atoms with E-state index in [-0.39, 0.29) is 28.5 Å². The third-order valence-electron chi connectivity index (χ3n) is 2.59. The summed E-state index contributed by atoms with van der Waals surface area (Å²) in [4.78, 5) is 24.9. The number of ether oxygens (including phenoxy) is 2. The van der Waals surface area contributed by atoms with Gasteiger partial charge in [0.25, 0.3) is 5.69 Å². The van der Waals surface area contributed by atoms with Crippen molar-refractivity contribution in [1.29, 1.82) is 0 Å². The number of aromatic carboxylic acids is 1. The van der Waals surface area contributed by atoms with Crippen molar-refractivity contribution in [2.75, 3.05) is 7.11 Å². The number of carboxylic acids is 1. The van der Waals surface area contributed by atoms with Crippen molar-refractivity contribution in [3.05, 3.63) is 52.3 Å². The number of benzene rings is 1. The molecule has 0 radical (unpaired) electrons. The number of aromatic nitrogens is 1. The van der Waals surface area contributed by atoms with E-state index in [2.05, 4.69) is 4.98 Å². The summed E-state index contributed by atoms with van der Waals surface area (Å²) in [6.45, 7) is 0. The highest BCUT2D eigenvalue weighted by Gasteiger charge is 2.16. The molecular formula is C13H10N2O6. The molecule has 0 spiro atoms. The van der Waals surface area contributed by atoms with E-state index in [1.165, 1.54) is 37.6 Å². The molecule has 1 N–H and O–H groups in total. The third kappa shape index (κ3) is 3.06. The SMILES string of the molecule is COc1cc([N+](=O)[O-])ccc1Oc1ccncc1C(=O)O. The molecule has 0 aliphatic rings. The van der Waals surface area contributed by atoms with Crippen molar-refractivity contribution in [3.8, 4) is 17.2 Å². The first-order valence-corrected chi connectivity index (χ1v) is 5.70. The average molecular weight is 290 g/mol. The maximum atomic E-state index is 11.1. The number of methoxy groups -OCH3 is 1. The van der Waals surface area contributed by atoms with Crippen LogP contribution in [-0.2, 0) is 0 Å². The van der Waals surface area contributed by atoms with Gasteiger partial charge in [-0.15, -0.1) is 0 Å². The predicted molar refractivity (Wildman–Crippen MR) is 70.9 cm³/mol. The number of non-ortho nitro benzene ring substituents is 1. The van der Waals surface area contributed by atoms with Crippen molar-refractivity contribution in [2.24, 2.45) is 0 Å². The smallest absolute Gasteiger partial charge is 0.341 e. The molecule has 21 heavy (non-hydrogen) atoms. The van der Waals surface area contributed by atoms with E-state index in [9.17, 15) is 14.9 Å². The molecule has 8 nitrogen and oxygen atoms in total. The van der Waals surface area contributed by atoms with Crippen LogP contribution in [0.2, 0.25) is 0 Å². The number of rotatable bonds is 5.